The Morgan fingerprint density at radius 1 is 0.219 bits per heavy atom. The van der Waals surface area contributed by atoms with Crippen LogP contribution in [-0.4, -0.2) is 0 Å². The van der Waals surface area contributed by atoms with Gasteiger partial charge >= 0.3 is 0 Å². The molecular weight excluding hydrogens is 384 g/mol. The molecule has 0 aromatic carbocycles. The number of rotatable bonds is 0. The largest absolute Gasteiger partial charge is 0.0599 e. The van der Waals surface area contributed by atoms with Gasteiger partial charge in [-0.3, -0.25) is 0 Å². The average Bonchev–Trinajstić information content (AvgIpc) is 2.81. The lowest BCUT2D eigenvalue weighted by Crippen LogP contribution is -2.11. The van der Waals surface area contributed by atoms with Crippen LogP contribution in [0.25, 0.3) is 0 Å². The monoisotopic (exact) mass is 449 g/mol. The highest BCUT2D eigenvalue weighted by molar-refractivity contribution is 4.69. The highest BCUT2D eigenvalue weighted by Crippen LogP contribution is 2.31. The maximum atomic E-state index is 2.44. The molecule has 0 unspecified atom stereocenters. The van der Waals surface area contributed by atoms with E-state index in [1.165, 1.54) is 186 Å². The third-order valence-electron chi connectivity index (χ3n) is 8.21. The van der Waals surface area contributed by atoms with E-state index >= 15 is 0 Å². The lowest BCUT2D eigenvalue weighted by Gasteiger charge is -2.25. The highest BCUT2D eigenvalue weighted by Gasteiger charge is 2.17. The predicted octanol–water partition coefficient (Wildman–Crippen LogP) is 12.3. The van der Waals surface area contributed by atoms with Gasteiger partial charge in [-0.05, 0) is 18.3 Å². The summed E-state index contributed by atoms with van der Waals surface area (Å²) >= 11 is 0. The van der Waals surface area contributed by atoms with Crippen LogP contribution in [0.15, 0.2) is 0 Å². The van der Waals surface area contributed by atoms with Crippen LogP contribution in [0, 0.1) is 5.41 Å². The summed E-state index contributed by atoms with van der Waals surface area (Å²) in [4.78, 5) is 0. The van der Waals surface area contributed by atoms with Crippen molar-refractivity contribution in [3.8, 4) is 0 Å². The van der Waals surface area contributed by atoms with Crippen molar-refractivity contribution >= 4 is 0 Å². The molecule has 0 nitrogen and oxygen atoms in total. The molecule has 0 aromatic heterocycles. The van der Waals surface area contributed by atoms with E-state index in [1.807, 2.05) is 0 Å². The van der Waals surface area contributed by atoms with E-state index in [0.717, 1.165) is 0 Å². The first-order valence-corrected chi connectivity index (χ1v) is 15.7. The molecule has 32 heavy (non-hydrogen) atoms. The Morgan fingerprint density at radius 2 is 0.344 bits per heavy atom. The Bertz CT molecular complexity index is 257. The lowest BCUT2D eigenvalue weighted by atomic mass is 9.81. The van der Waals surface area contributed by atoms with Crippen molar-refractivity contribution in [2.75, 3.05) is 0 Å². The third kappa shape index (κ3) is 21.8. The van der Waals surface area contributed by atoms with Crippen LogP contribution in [0.3, 0.4) is 0 Å². The first-order chi connectivity index (χ1) is 15.7. The van der Waals surface area contributed by atoms with Gasteiger partial charge < -0.3 is 0 Å². The molecule has 0 saturated heterocycles. The zero-order chi connectivity index (χ0) is 23.0. The maximum absolute atomic E-state index is 2.44. The van der Waals surface area contributed by atoms with Crippen molar-refractivity contribution in [1.82, 2.24) is 0 Å². The van der Waals surface area contributed by atoms with Crippen LogP contribution in [0.4, 0.5) is 0 Å². The molecule has 3 saturated carbocycles. The van der Waals surface area contributed by atoms with E-state index in [4.69, 9.17) is 0 Å². The zero-order valence-electron chi connectivity index (χ0n) is 23.0. The molecule has 0 aliphatic heterocycles. The van der Waals surface area contributed by atoms with Crippen LogP contribution in [0.1, 0.15) is 200 Å². The Morgan fingerprint density at radius 3 is 0.500 bits per heavy atom. The van der Waals surface area contributed by atoms with Crippen molar-refractivity contribution in [2.24, 2.45) is 5.41 Å². The van der Waals surface area contributed by atoms with Gasteiger partial charge in [0.1, 0.15) is 0 Å². The van der Waals surface area contributed by atoms with E-state index in [2.05, 4.69) is 13.8 Å². The summed E-state index contributed by atoms with van der Waals surface area (Å²) in [5.74, 6) is 0. The second kappa shape index (κ2) is 22.8. The molecule has 0 amide bonds. The Kier molecular flexibility index (Phi) is 21.4. The molecule has 0 bridgehead atoms. The van der Waals surface area contributed by atoms with Gasteiger partial charge in [-0.25, -0.2) is 0 Å². The maximum Gasteiger partial charge on any atom is -0.0354 e. The predicted molar refractivity (Wildman–Crippen MR) is 148 cm³/mol. The average molecular weight is 449 g/mol. The third-order valence-corrected chi connectivity index (χ3v) is 8.21. The normalized spacial score (nSPS) is 24.9. The molecular formula is C32H64. The molecule has 0 N–H and O–H groups in total. The Labute approximate surface area is 205 Å². The Hall–Kier alpha value is 0. The van der Waals surface area contributed by atoms with Gasteiger partial charge in [-0.2, -0.15) is 0 Å². The topological polar surface area (TPSA) is 0 Å². The lowest BCUT2D eigenvalue weighted by molar-refractivity contribution is 0.275. The smallest absolute Gasteiger partial charge is 0.0354 e. The standard InChI is InChI=1S/C12H24.2C10H20/c1-12(2)10-8-6-4-3-5-7-9-11-12;2*1-2-4-6-8-10-9-7-5-3-1/h3-11H2,1-2H3;2*1-10H2. The van der Waals surface area contributed by atoms with Gasteiger partial charge in [-0.1, -0.05) is 187 Å². The van der Waals surface area contributed by atoms with Gasteiger partial charge in [0.2, 0.25) is 0 Å². The minimum Gasteiger partial charge on any atom is -0.0599 e. The summed E-state index contributed by atoms with van der Waals surface area (Å²) in [5, 5.41) is 0. The van der Waals surface area contributed by atoms with Gasteiger partial charge in [0, 0.05) is 0 Å². The molecule has 3 fully saturated rings. The van der Waals surface area contributed by atoms with Gasteiger partial charge in [0.15, 0.2) is 0 Å². The van der Waals surface area contributed by atoms with Crippen molar-refractivity contribution < 1.29 is 0 Å². The molecule has 192 valence electrons. The minimum absolute atomic E-state index is 0.636. The van der Waals surface area contributed by atoms with Gasteiger partial charge in [-0.15, -0.1) is 0 Å². The van der Waals surface area contributed by atoms with Crippen molar-refractivity contribution in [3.05, 3.63) is 0 Å². The first kappa shape index (κ1) is 30.0. The fourth-order valence-electron chi connectivity index (χ4n) is 5.75. The number of hydrogen-bond acceptors (Lipinski definition) is 0. The second-order valence-corrected chi connectivity index (χ2v) is 12.2. The van der Waals surface area contributed by atoms with E-state index in [0.29, 0.717) is 5.41 Å². The minimum atomic E-state index is 0.636. The fourth-order valence-corrected chi connectivity index (χ4v) is 5.75. The molecule has 0 atom stereocenters. The molecule has 3 aliphatic rings. The van der Waals surface area contributed by atoms with Crippen LogP contribution >= 0.6 is 0 Å². The molecule has 0 radical (unpaired) electrons. The summed E-state index contributed by atoms with van der Waals surface area (Å²) in [6.07, 6.45) is 43.2. The van der Waals surface area contributed by atoms with Crippen molar-refractivity contribution in [2.45, 2.75) is 200 Å². The van der Waals surface area contributed by atoms with Gasteiger partial charge in [0.05, 0.1) is 0 Å². The van der Waals surface area contributed by atoms with Crippen LogP contribution in [0.5, 0.6) is 0 Å². The van der Waals surface area contributed by atoms with E-state index < -0.39 is 0 Å². The molecule has 0 spiro atoms. The summed E-state index contributed by atoms with van der Waals surface area (Å²) in [7, 11) is 0. The summed E-state index contributed by atoms with van der Waals surface area (Å²) < 4.78 is 0. The van der Waals surface area contributed by atoms with Crippen molar-refractivity contribution in [1.29, 1.82) is 0 Å². The van der Waals surface area contributed by atoms with Gasteiger partial charge in [0.25, 0.3) is 0 Å². The quantitative estimate of drug-likeness (QED) is 0.345. The summed E-state index contributed by atoms with van der Waals surface area (Å²) in [5.41, 5.74) is 0.636. The molecule has 0 heteroatoms. The van der Waals surface area contributed by atoms with Crippen LogP contribution in [-0.2, 0) is 0 Å². The molecule has 3 aliphatic carbocycles. The van der Waals surface area contributed by atoms with Crippen molar-refractivity contribution in [3.63, 3.8) is 0 Å². The SMILES string of the molecule is C1CCCCCCCCC1.C1CCCCCCCCC1.CC1(C)CCCCCCCCC1. The zero-order valence-corrected chi connectivity index (χ0v) is 23.0. The van der Waals surface area contributed by atoms with E-state index in [-0.39, 0.29) is 0 Å². The van der Waals surface area contributed by atoms with E-state index in [9.17, 15) is 0 Å². The van der Waals surface area contributed by atoms with Crippen LogP contribution < -0.4 is 0 Å². The molecule has 3 rings (SSSR count). The summed E-state index contributed by atoms with van der Waals surface area (Å²) in [6, 6.07) is 0. The summed E-state index contributed by atoms with van der Waals surface area (Å²) in [6.45, 7) is 4.88. The Balaban J connectivity index is 0.000000241. The number of hydrogen-bond donors (Lipinski definition) is 0. The molecule has 0 heterocycles. The second-order valence-electron chi connectivity index (χ2n) is 12.2. The van der Waals surface area contributed by atoms with E-state index in [1.54, 1.807) is 0 Å². The van der Waals surface area contributed by atoms with Crippen LogP contribution in [0.2, 0.25) is 0 Å². The fraction of sp³-hybridized carbons (Fsp3) is 1.00. The molecule has 0 aromatic rings. The highest BCUT2D eigenvalue weighted by atomic mass is 14.2. The first-order valence-electron chi connectivity index (χ1n) is 15.7.